The molecule has 0 aliphatic rings. The first-order valence-electron chi connectivity index (χ1n) is 7.78. The minimum absolute atomic E-state index is 0.0132. The standard InChI is InChI=1S/C18H21ClN2O3S/c1-13-7-6-8-14(2)18(13)20-17(22)11-12-21(25(3,23)24)16-10-5-4-9-15(16)19/h4-10H,11-12H2,1-3H3,(H,20,22). The van der Waals surface area contributed by atoms with Gasteiger partial charge in [-0.05, 0) is 37.1 Å². The second-order valence-corrected chi connectivity index (χ2v) is 8.17. The van der Waals surface area contributed by atoms with Crippen LogP contribution >= 0.6 is 11.6 Å². The lowest BCUT2D eigenvalue weighted by Gasteiger charge is -2.23. The van der Waals surface area contributed by atoms with Crippen molar-refractivity contribution in [3.05, 3.63) is 58.6 Å². The van der Waals surface area contributed by atoms with Crippen molar-refractivity contribution >= 4 is 38.9 Å². The summed E-state index contributed by atoms with van der Waals surface area (Å²) in [5.41, 5.74) is 3.04. The van der Waals surface area contributed by atoms with Gasteiger partial charge in [-0.2, -0.15) is 0 Å². The number of anilines is 2. The number of sulfonamides is 1. The fourth-order valence-corrected chi connectivity index (χ4v) is 3.76. The van der Waals surface area contributed by atoms with Crippen LogP contribution in [-0.4, -0.2) is 27.1 Å². The highest BCUT2D eigenvalue weighted by Gasteiger charge is 2.21. The molecule has 5 nitrogen and oxygen atoms in total. The van der Waals surface area contributed by atoms with Gasteiger partial charge < -0.3 is 5.32 Å². The fourth-order valence-electron chi connectivity index (χ4n) is 2.54. The Kier molecular flexibility index (Phi) is 6.08. The minimum atomic E-state index is -3.56. The topological polar surface area (TPSA) is 66.5 Å². The van der Waals surface area contributed by atoms with Crippen LogP contribution in [0.3, 0.4) is 0 Å². The van der Waals surface area contributed by atoms with Crippen molar-refractivity contribution in [1.82, 2.24) is 0 Å². The zero-order valence-electron chi connectivity index (χ0n) is 14.4. The van der Waals surface area contributed by atoms with E-state index in [4.69, 9.17) is 11.6 Å². The number of aryl methyl sites for hydroxylation is 2. The van der Waals surface area contributed by atoms with E-state index in [-0.39, 0.29) is 18.9 Å². The van der Waals surface area contributed by atoms with Crippen LogP contribution in [0.15, 0.2) is 42.5 Å². The van der Waals surface area contributed by atoms with E-state index in [1.807, 2.05) is 32.0 Å². The summed E-state index contributed by atoms with van der Waals surface area (Å²) >= 11 is 6.11. The average molecular weight is 381 g/mol. The molecule has 0 saturated carbocycles. The van der Waals surface area contributed by atoms with Gasteiger partial charge in [0.1, 0.15) is 0 Å². The van der Waals surface area contributed by atoms with Crippen molar-refractivity contribution in [2.75, 3.05) is 22.4 Å². The van der Waals surface area contributed by atoms with Gasteiger partial charge in [-0.1, -0.05) is 41.9 Å². The van der Waals surface area contributed by atoms with E-state index in [1.54, 1.807) is 24.3 Å². The molecule has 0 unspecified atom stereocenters. The molecule has 2 aromatic carbocycles. The SMILES string of the molecule is Cc1cccc(C)c1NC(=O)CCN(c1ccccc1Cl)S(C)(=O)=O. The molecule has 0 aromatic heterocycles. The Balaban J connectivity index is 2.14. The van der Waals surface area contributed by atoms with E-state index in [2.05, 4.69) is 5.32 Å². The molecule has 1 N–H and O–H groups in total. The van der Waals surface area contributed by atoms with Crippen molar-refractivity contribution in [3.63, 3.8) is 0 Å². The van der Waals surface area contributed by atoms with Crippen LogP contribution in [0, 0.1) is 13.8 Å². The fraction of sp³-hybridized carbons (Fsp3) is 0.278. The van der Waals surface area contributed by atoms with E-state index in [9.17, 15) is 13.2 Å². The first-order valence-corrected chi connectivity index (χ1v) is 10.0. The number of nitrogens with zero attached hydrogens (tertiary/aromatic N) is 1. The Labute approximate surface area is 153 Å². The Morgan fingerprint density at radius 2 is 1.68 bits per heavy atom. The van der Waals surface area contributed by atoms with Crippen LogP contribution in [0.5, 0.6) is 0 Å². The molecular formula is C18H21ClN2O3S. The number of benzene rings is 2. The average Bonchev–Trinajstić information content (AvgIpc) is 2.52. The third kappa shape index (κ3) is 4.96. The Bertz CT molecular complexity index is 861. The number of rotatable bonds is 6. The highest BCUT2D eigenvalue weighted by atomic mass is 35.5. The second-order valence-electron chi connectivity index (χ2n) is 5.85. The summed E-state index contributed by atoms with van der Waals surface area (Å²) in [6.07, 6.45) is 1.12. The molecule has 0 spiro atoms. The molecule has 25 heavy (non-hydrogen) atoms. The van der Waals surface area contributed by atoms with Crippen LogP contribution in [0.25, 0.3) is 0 Å². The maximum atomic E-state index is 12.3. The van der Waals surface area contributed by atoms with Gasteiger partial charge in [-0.3, -0.25) is 9.10 Å². The van der Waals surface area contributed by atoms with Crippen molar-refractivity contribution in [1.29, 1.82) is 0 Å². The quantitative estimate of drug-likeness (QED) is 0.829. The van der Waals surface area contributed by atoms with Crippen molar-refractivity contribution in [2.24, 2.45) is 0 Å². The van der Waals surface area contributed by atoms with Crippen LogP contribution in [0.4, 0.5) is 11.4 Å². The van der Waals surface area contributed by atoms with Gasteiger partial charge in [0.2, 0.25) is 15.9 Å². The van der Waals surface area contributed by atoms with Gasteiger partial charge in [0.15, 0.2) is 0 Å². The van der Waals surface area contributed by atoms with Crippen LogP contribution in [0.2, 0.25) is 5.02 Å². The molecule has 0 heterocycles. The summed E-state index contributed by atoms with van der Waals surface area (Å²) < 4.78 is 25.3. The number of carbonyl (C=O) groups is 1. The van der Waals surface area contributed by atoms with Gasteiger partial charge in [0.05, 0.1) is 17.0 Å². The molecule has 0 radical (unpaired) electrons. The van der Waals surface area contributed by atoms with Gasteiger partial charge >= 0.3 is 0 Å². The largest absolute Gasteiger partial charge is 0.326 e. The number of amides is 1. The van der Waals surface area contributed by atoms with Crippen molar-refractivity contribution in [2.45, 2.75) is 20.3 Å². The van der Waals surface area contributed by atoms with Gasteiger partial charge in [0.25, 0.3) is 0 Å². The number of hydrogen-bond acceptors (Lipinski definition) is 3. The van der Waals surface area contributed by atoms with Crippen molar-refractivity contribution < 1.29 is 13.2 Å². The van der Waals surface area contributed by atoms with Crippen LogP contribution < -0.4 is 9.62 Å². The first kappa shape index (κ1) is 19.3. The molecule has 1 amide bonds. The molecule has 2 aromatic rings. The maximum absolute atomic E-state index is 12.3. The lowest BCUT2D eigenvalue weighted by Crippen LogP contribution is -2.33. The highest BCUT2D eigenvalue weighted by Crippen LogP contribution is 2.27. The third-order valence-corrected chi connectivity index (χ3v) is 5.31. The van der Waals surface area contributed by atoms with E-state index >= 15 is 0 Å². The molecule has 0 aliphatic carbocycles. The number of hydrogen-bond donors (Lipinski definition) is 1. The molecule has 0 aliphatic heterocycles. The molecular weight excluding hydrogens is 360 g/mol. The molecule has 0 bridgehead atoms. The summed E-state index contributed by atoms with van der Waals surface area (Å²) in [7, 11) is -3.56. The van der Waals surface area contributed by atoms with E-state index in [1.165, 1.54) is 0 Å². The van der Waals surface area contributed by atoms with E-state index < -0.39 is 10.0 Å². The summed E-state index contributed by atoms with van der Waals surface area (Å²) in [6.45, 7) is 3.84. The highest BCUT2D eigenvalue weighted by molar-refractivity contribution is 7.92. The molecule has 134 valence electrons. The Morgan fingerprint density at radius 3 is 2.24 bits per heavy atom. The van der Waals surface area contributed by atoms with Crippen molar-refractivity contribution in [3.8, 4) is 0 Å². The predicted octanol–water partition coefficient (Wildman–Crippen LogP) is 3.75. The lowest BCUT2D eigenvalue weighted by atomic mass is 10.1. The predicted molar refractivity (Wildman–Crippen MR) is 103 cm³/mol. The summed E-state index contributed by atoms with van der Waals surface area (Å²) in [5.74, 6) is -0.252. The Hall–Kier alpha value is -2.05. The van der Waals surface area contributed by atoms with E-state index in [0.717, 1.165) is 27.4 Å². The van der Waals surface area contributed by atoms with E-state index in [0.29, 0.717) is 10.7 Å². The minimum Gasteiger partial charge on any atom is -0.326 e. The summed E-state index contributed by atoms with van der Waals surface area (Å²) in [4.78, 5) is 12.3. The Morgan fingerprint density at radius 1 is 1.08 bits per heavy atom. The number of halogens is 1. The maximum Gasteiger partial charge on any atom is 0.232 e. The van der Waals surface area contributed by atoms with Gasteiger partial charge in [-0.15, -0.1) is 0 Å². The van der Waals surface area contributed by atoms with Gasteiger partial charge in [-0.25, -0.2) is 8.42 Å². The summed E-state index contributed by atoms with van der Waals surface area (Å²) in [6, 6.07) is 12.4. The lowest BCUT2D eigenvalue weighted by molar-refractivity contribution is -0.116. The molecule has 0 saturated heterocycles. The number of carbonyl (C=O) groups excluding carboxylic acids is 1. The monoisotopic (exact) mass is 380 g/mol. The molecule has 7 heteroatoms. The van der Waals surface area contributed by atoms with Gasteiger partial charge in [0, 0.05) is 18.7 Å². The number of para-hydroxylation sites is 2. The first-order chi connectivity index (χ1) is 11.7. The molecule has 0 atom stereocenters. The second kappa shape index (κ2) is 7.89. The smallest absolute Gasteiger partial charge is 0.232 e. The number of nitrogens with one attached hydrogen (secondary N) is 1. The molecule has 2 rings (SSSR count). The normalized spacial score (nSPS) is 11.2. The van der Waals surface area contributed by atoms with Crippen LogP contribution in [-0.2, 0) is 14.8 Å². The zero-order chi connectivity index (χ0) is 18.6. The van der Waals surface area contributed by atoms with Crippen LogP contribution in [0.1, 0.15) is 17.5 Å². The third-order valence-electron chi connectivity index (χ3n) is 3.81. The zero-order valence-corrected chi connectivity index (χ0v) is 16.0. The molecule has 0 fully saturated rings. The summed E-state index contributed by atoms with van der Waals surface area (Å²) in [5, 5.41) is 3.18.